The summed E-state index contributed by atoms with van der Waals surface area (Å²) in [5.74, 6) is 0. The first kappa shape index (κ1) is 18.1. The SMILES string of the molecule is Cc1ccc(C2(CN3CCN(c4cn[nH]c(=O)c4)CC3)CCNCC2)nc1. The topological polar surface area (TPSA) is 77.1 Å². The number of pyridine rings is 1. The average molecular weight is 368 g/mol. The van der Waals surface area contributed by atoms with Gasteiger partial charge in [0.15, 0.2) is 0 Å². The minimum absolute atomic E-state index is 0.132. The summed E-state index contributed by atoms with van der Waals surface area (Å²) in [6.07, 6.45) is 5.99. The summed E-state index contributed by atoms with van der Waals surface area (Å²) >= 11 is 0. The molecule has 0 atom stereocenters. The normalized spacial score (nSPS) is 20.6. The number of aromatic amines is 1. The van der Waals surface area contributed by atoms with Crippen molar-refractivity contribution >= 4 is 5.69 Å². The van der Waals surface area contributed by atoms with Gasteiger partial charge in [-0.05, 0) is 44.5 Å². The van der Waals surface area contributed by atoms with Crippen LogP contribution in [0, 0.1) is 6.92 Å². The number of anilines is 1. The summed E-state index contributed by atoms with van der Waals surface area (Å²) in [6, 6.07) is 6.04. The summed E-state index contributed by atoms with van der Waals surface area (Å²) < 4.78 is 0. The summed E-state index contributed by atoms with van der Waals surface area (Å²) in [6.45, 7) is 9.06. The van der Waals surface area contributed by atoms with Gasteiger partial charge in [-0.15, -0.1) is 0 Å². The maximum Gasteiger partial charge on any atom is 0.266 e. The monoisotopic (exact) mass is 368 g/mol. The van der Waals surface area contributed by atoms with Crippen LogP contribution in [0.5, 0.6) is 0 Å². The highest BCUT2D eigenvalue weighted by molar-refractivity contribution is 5.43. The van der Waals surface area contributed by atoms with Crippen LogP contribution < -0.4 is 15.8 Å². The Bertz CT molecular complexity index is 804. The highest BCUT2D eigenvalue weighted by Crippen LogP contribution is 2.33. The van der Waals surface area contributed by atoms with Crippen molar-refractivity contribution in [1.82, 2.24) is 25.4 Å². The molecule has 2 aromatic heterocycles. The number of H-pyrrole nitrogens is 1. The highest BCUT2D eigenvalue weighted by Gasteiger charge is 2.37. The molecule has 0 aromatic carbocycles. The molecule has 0 unspecified atom stereocenters. The first-order valence-corrected chi connectivity index (χ1v) is 9.81. The van der Waals surface area contributed by atoms with Crippen LogP contribution in [0.4, 0.5) is 5.69 Å². The standard InChI is InChI=1S/C20H28N6O/c1-16-2-3-18(22-13-16)20(4-6-21-7-5-20)15-25-8-10-26(11-9-25)17-12-19(27)24-23-14-17/h2-3,12-14,21H,4-11,15H2,1H3,(H,24,27). The van der Waals surface area contributed by atoms with E-state index in [-0.39, 0.29) is 11.0 Å². The zero-order valence-electron chi connectivity index (χ0n) is 15.9. The second-order valence-electron chi connectivity index (χ2n) is 7.82. The average Bonchev–Trinajstić information content (AvgIpc) is 2.70. The van der Waals surface area contributed by atoms with E-state index in [9.17, 15) is 4.79 Å². The smallest absolute Gasteiger partial charge is 0.266 e. The largest absolute Gasteiger partial charge is 0.368 e. The van der Waals surface area contributed by atoms with Crippen LogP contribution in [0.1, 0.15) is 24.1 Å². The van der Waals surface area contributed by atoms with Crippen molar-refractivity contribution in [3.8, 4) is 0 Å². The van der Waals surface area contributed by atoms with Gasteiger partial charge in [-0.1, -0.05) is 6.07 Å². The molecule has 0 aliphatic carbocycles. The van der Waals surface area contributed by atoms with Gasteiger partial charge in [-0.25, -0.2) is 5.10 Å². The Kier molecular flexibility index (Phi) is 5.22. The fraction of sp³-hybridized carbons (Fsp3) is 0.550. The lowest BCUT2D eigenvalue weighted by Gasteiger charge is -2.44. The Hall–Kier alpha value is -2.25. The molecule has 2 fully saturated rings. The zero-order valence-corrected chi connectivity index (χ0v) is 15.9. The molecule has 4 rings (SSSR count). The van der Waals surface area contributed by atoms with Gasteiger partial charge in [0, 0.05) is 56.1 Å². The van der Waals surface area contributed by atoms with Crippen LogP contribution in [0.15, 0.2) is 35.4 Å². The molecule has 0 spiro atoms. The van der Waals surface area contributed by atoms with Crippen LogP contribution in [-0.4, -0.2) is 65.9 Å². The third-order valence-electron chi connectivity index (χ3n) is 5.93. The van der Waals surface area contributed by atoms with Gasteiger partial charge in [-0.2, -0.15) is 5.10 Å². The van der Waals surface area contributed by atoms with E-state index in [0.29, 0.717) is 0 Å². The number of nitrogens with one attached hydrogen (secondary N) is 2. The van der Waals surface area contributed by atoms with E-state index in [0.717, 1.165) is 64.3 Å². The summed E-state index contributed by atoms with van der Waals surface area (Å²) in [4.78, 5) is 21.1. The Balaban J connectivity index is 1.45. The van der Waals surface area contributed by atoms with Crippen LogP contribution in [0.25, 0.3) is 0 Å². The molecule has 0 saturated carbocycles. The fourth-order valence-corrected chi connectivity index (χ4v) is 4.31. The molecule has 2 saturated heterocycles. The van der Waals surface area contributed by atoms with Crippen molar-refractivity contribution in [2.24, 2.45) is 0 Å². The molecule has 2 N–H and O–H groups in total. The predicted molar refractivity (Wildman–Crippen MR) is 106 cm³/mol. The molecule has 0 radical (unpaired) electrons. The van der Waals surface area contributed by atoms with E-state index in [4.69, 9.17) is 4.98 Å². The molecule has 27 heavy (non-hydrogen) atoms. The molecule has 4 heterocycles. The third-order valence-corrected chi connectivity index (χ3v) is 5.93. The van der Waals surface area contributed by atoms with Gasteiger partial charge in [0.25, 0.3) is 5.56 Å². The van der Waals surface area contributed by atoms with E-state index >= 15 is 0 Å². The second kappa shape index (κ2) is 7.78. The van der Waals surface area contributed by atoms with E-state index in [1.165, 1.54) is 11.3 Å². The van der Waals surface area contributed by atoms with Crippen molar-refractivity contribution in [2.75, 3.05) is 50.7 Å². The molecule has 0 amide bonds. The molecule has 0 bridgehead atoms. The van der Waals surface area contributed by atoms with Crippen molar-refractivity contribution in [3.63, 3.8) is 0 Å². The quantitative estimate of drug-likeness (QED) is 0.836. The lowest BCUT2D eigenvalue weighted by atomic mass is 9.75. The number of piperidine rings is 1. The number of piperazine rings is 1. The Labute approximate surface area is 159 Å². The van der Waals surface area contributed by atoms with E-state index in [2.05, 4.69) is 44.4 Å². The van der Waals surface area contributed by atoms with Crippen molar-refractivity contribution in [1.29, 1.82) is 0 Å². The van der Waals surface area contributed by atoms with Gasteiger partial charge < -0.3 is 10.2 Å². The summed E-state index contributed by atoms with van der Waals surface area (Å²) in [5.41, 5.74) is 3.34. The molecule has 2 aliphatic rings. The molecule has 7 nitrogen and oxygen atoms in total. The number of hydrogen-bond acceptors (Lipinski definition) is 6. The predicted octanol–water partition coefficient (Wildman–Crippen LogP) is 0.917. The molecule has 2 aromatic rings. The Morgan fingerprint density at radius 2 is 1.89 bits per heavy atom. The minimum Gasteiger partial charge on any atom is -0.368 e. The summed E-state index contributed by atoms with van der Waals surface area (Å²) in [7, 11) is 0. The van der Waals surface area contributed by atoms with Crippen molar-refractivity contribution in [2.45, 2.75) is 25.2 Å². The van der Waals surface area contributed by atoms with Crippen molar-refractivity contribution < 1.29 is 0 Å². The van der Waals surface area contributed by atoms with Gasteiger partial charge >= 0.3 is 0 Å². The van der Waals surface area contributed by atoms with Gasteiger partial charge in [-0.3, -0.25) is 14.7 Å². The van der Waals surface area contributed by atoms with Gasteiger partial charge in [0.2, 0.25) is 0 Å². The minimum atomic E-state index is -0.144. The highest BCUT2D eigenvalue weighted by atomic mass is 16.1. The number of rotatable bonds is 4. The molecular formula is C20H28N6O. The Morgan fingerprint density at radius 3 is 2.56 bits per heavy atom. The number of aromatic nitrogens is 3. The van der Waals surface area contributed by atoms with E-state index in [1.54, 1.807) is 12.3 Å². The second-order valence-corrected chi connectivity index (χ2v) is 7.82. The first-order valence-electron chi connectivity index (χ1n) is 9.81. The molecule has 144 valence electrons. The molecular weight excluding hydrogens is 340 g/mol. The zero-order chi connectivity index (χ0) is 18.7. The maximum absolute atomic E-state index is 11.5. The van der Waals surface area contributed by atoms with Gasteiger partial charge in [0.1, 0.15) is 0 Å². The summed E-state index contributed by atoms with van der Waals surface area (Å²) in [5, 5.41) is 9.86. The van der Waals surface area contributed by atoms with E-state index in [1.807, 2.05) is 6.20 Å². The van der Waals surface area contributed by atoms with Crippen LogP contribution in [-0.2, 0) is 5.41 Å². The number of hydrogen-bond donors (Lipinski definition) is 2. The lowest BCUT2D eigenvalue weighted by molar-refractivity contribution is 0.164. The fourth-order valence-electron chi connectivity index (χ4n) is 4.31. The third kappa shape index (κ3) is 4.04. The van der Waals surface area contributed by atoms with Crippen molar-refractivity contribution in [3.05, 3.63) is 52.2 Å². The number of nitrogens with zero attached hydrogens (tertiary/aromatic N) is 4. The van der Waals surface area contributed by atoms with Crippen LogP contribution in [0.3, 0.4) is 0 Å². The maximum atomic E-state index is 11.5. The molecule has 7 heteroatoms. The lowest BCUT2D eigenvalue weighted by Crippen LogP contribution is -2.53. The van der Waals surface area contributed by atoms with Crippen LogP contribution >= 0.6 is 0 Å². The van der Waals surface area contributed by atoms with E-state index < -0.39 is 0 Å². The van der Waals surface area contributed by atoms with Crippen LogP contribution in [0.2, 0.25) is 0 Å². The first-order chi connectivity index (χ1) is 13.1. The molecule has 2 aliphatic heterocycles. The van der Waals surface area contributed by atoms with Gasteiger partial charge in [0.05, 0.1) is 11.9 Å². The number of aryl methyl sites for hydroxylation is 1. The Morgan fingerprint density at radius 1 is 1.11 bits per heavy atom.